The normalized spacial score (nSPS) is 14.2. The molecule has 1 N–H and O–H groups in total. The average Bonchev–Trinajstić information content (AvgIpc) is 1.81. The van der Waals surface area contributed by atoms with Crippen LogP contribution in [0.5, 0.6) is 0 Å². The molecule has 0 heterocycles. The third-order valence-corrected chi connectivity index (χ3v) is 1.42. The monoisotopic (exact) mass is 187 g/mol. The summed E-state index contributed by atoms with van der Waals surface area (Å²) < 4.78 is 0.935. The van der Waals surface area contributed by atoms with Gasteiger partial charge in [-0.1, -0.05) is 12.2 Å². The van der Waals surface area contributed by atoms with Gasteiger partial charge in [0.1, 0.15) is 0 Å². The highest BCUT2D eigenvalue weighted by atomic mass is 16.6. The molecule has 0 radical (unpaired) electrons. The van der Waals surface area contributed by atoms with Gasteiger partial charge in [0.25, 0.3) is 0 Å². The molecule has 0 aliphatic heterocycles. The van der Waals surface area contributed by atoms with Crippen LogP contribution in [0, 0.1) is 0 Å². The molecule has 13 heavy (non-hydrogen) atoms. The molecular weight excluding hydrogens is 164 g/mol. The van der Waals surface area contributed by atoms with E-state index in [1.165, 1.54) is 0 Å². The molecule has 0 fully saturated rings. The Morgan fingerprint density at radius 2 is 2.00 bits per heavy atom. The summed E-state index contributed by atoms with van der Waals surface area (Å²) in [6.07, 6.45) is 0. The van der Waals surface area contributed by atoms with Crippen molar-refractivity contribution in [1.29, 1.82) is 0 Å². The number of rotatable bonds is 6. The average molecular weight is 187 g/mol. The molecule has 0 saturated heterocycles. The SMILES string of the molecule is C=C(C)CONC(C)C[N+](C)(C)C. The second kappa shape index (κ2) is 5.37. The summed E-state index contributed by atoms with van der Waals surface area (Å²) in [5, 5.41) is 0. The fourth-order valence-electron chi connectivity index (χ4n) is 1.17. The highest BCUT2D eigenvalue weighted by Crippen LogP contribution is 1.94. The Kier molecular flexibility index (Phi) is 5.21. The van der Waals surface area contributed by atoms with Gasteiger partial charge in [-0.15, -0.1) is 0 Å². The zero-order valence-electron chi connectivity index (χ0n) is 9.55. The fraction of sp³-hybridized carbons (Fsp3) is 0.800. The van der Waals surface area contributed by atoms with Gasteiger partial charge < -0.3 is 4.48 Å². The number of nitrogens with one attached hydrogen (secondary N) is 1. The lowest BCUT2D eigenvalue weighted by atomic mass is 10.3. The highest BCUT2D eigenvalue weighted by molar-refractivity contribution is 4.86. The van der Waals surface area contributed by atoms with Crippen LogP contribution in [0.3, 0.4) is 0 Å². The fourth-order valence-corrected chi connectivity index (χ4v) is 1.17. The first-order valence-corrected chi connectivity index (χ1v) is 4.63. The van der Waals surface area contributed by atoms with Crippen LogP contribution < -0.4 is 5.48 Å². The molecular formula is C10H23N2O+. The summed E-state index contributed by atoms with van der Waals surface area (Å²) in [5.74, 6) is 0. The summed E-state index contributed by atoms with van der Waals surface area (Å²) in [6.45, 7) is 9.44. The third kappa shape index (κ3) is 9.53. The maximum absolute atomic E-state index is 5.24. The van der Waals surface area contributed by atoms with Gasteiger partial charge in [-0.2, -0.15) is 5.48 Å². The van der Waals surface area contributed by atoms with Crippen LogP contribution >= 0.6 is 0 Å². The van der Waals surface area contributed by atoms with E-state index < -0.39 is 0 Å². The molecule has 0 aromatic rings. The van der Waals surface area contributed by atoms with E-state index in [9.17, 15) is 0 Å². The first kappa shape index (κ1) is 12.6. The Bertz CT molecular complexity index is 161. The number of hydrogen-bond donors (Lipinski definition) is 1. The van der Waals surface area contributed by atoms with Crippen molar-refractivity contribution in [2.75, 3.05) is 34.3 Å². The van der Waals surface area contributed by atoms with Crippen molar-refractivity contribution in [1.82, 2.24) is 5.48 Å². The predicted molar refractivity (Wildman–Crippen MR) is 56.3 cm³/mol. The molecule has 1 unspecified atom stereocenters. The molecule has 0 aliphatic rings. The first-order chi connectivity index (χ1) is 5.81. The van der Waals surface area contributed by atoms with Gasteiger partial charge in [-0.3, -0.25) is 4.84 Å². The molecule has 0 spiro atoms. The van der Waals surface area contributed by atoms with Gasteiger partial charge in [-0.25, -0.2) is 0 Å². The van der Waals surface area contributed by atoms with Crippen LogP contribution in [-0.2, 0) is 4.84 Å². The van der Waals surface area contributed by atoms with E-state index >= 15 is 0 Å². The van der Waals surface area contributed by atoms with Crippen molar-refractivity contribution < 1.29 is 9.32 Å². The van der Waals surface area contributed by atoms with Crippen LogP contribution in [0.15, 0.2) is 12.2 Å². The molecule has 3 heteroatoms. The van der Waals surface area contributed by atoms with E-state index in [-0.39, 0.29) is 0 Å². The maximum atomic E-state index is 5.24. The summed E-state index contributed by atoms with van der Waals surface area (Å²) in [4.78, 5) is 5.24. The second-order valence-electron chi connectivity index (χ2n) is 4.74. The molecule has 0 rings (SSSR count). The minimum Gasteiger partial charge on any atom is -0.330 e. The van der Waals surface area contributed by atoms with Crippen molar-refractivity contribution in [2.24, 2.45) is 0 Å². The molecule has 0 saturated carbocycles. The van der Waals surface area contributed by atoms with E-state index in [0.29, 0.717) is 12.6 Å². The molecule has 78 valence electrons. The van der Waals surface area contributed by atoms with E-state index in [2.05, 4.69) is 40.1 Å². The van der Waals surface area contributed by atoms with Crippen LogP contribution in [0.25, 0.3) is 0 Å². The molecule has 0 aromatic heterocycles. The summed E-state index contributed by atoms with van der Waals surface area (Å²) in [5.41, 5.74) is 4.03. The standard InChI is InChI=1S/C10H23N2O/c1-9(2)8-13-11-10(3)7-12(4,5)6/h10-11H,1,7-8H2,2-6H3/q+1. The Morgan fingerprint density at radius 3 is 2.38 bits per heavy atom. The summed E-state index contributed by atoms with van der Waals surface area (Å²) >= 11 is 0. The van der Waals surface area contributed by atoms with Gasteiger partial charge in [0.05, 0.1) is 40.3 Å². The minimum absolute atomic E-state index is 0.361. The van der Waals surface area contributed by atoms with Crippen molar-refractivity contribution in [2.45, 2.75) is 19.9 Å². The Hall–Kier alpha value is -0.380. The maximum Gasteiger partial charge on any atom is 0.0956 e. The van der Waals surface area contributed by atoms with Crippen molar-refractivity contribution in [3.05, 3.63) is 12.2 Å². The number of hydrogen-bond acceptors (Lipinski definition) is 2. The minimum atomic E-state index is 0.361. The van der Waals surface area contributed by atoms with Crippen molar-refractivity contribution in [3.8, 4) is 0 Å². The summed E-state index contributed by atoms with van der Waals surface area (Å²) in [7, 11) is 6.49. The zero-order chi connectivity index (χ0) is 10.5. The molecule has 0 bridgehead atoms. The van der Waals surface area contributed by atoms with E-state index in [0.717, 1.165) is 16.6 Å². The highest BCUT2D eigenvalue weighted by Gasteiger charge is 2.12. The second-order valence-corrected chi connectivity index (χ2v) is 4.74. The van der Waals surface area contributed by atoms with E-state index in [1.807, 2.05) is 6.92 Å². The number of likely N-dealkylation sites (N-methyl/N-ethyl adjacent to an activating group) is 1. The lowest BCUT2D eigenvalue weighted by Crippen LogP contribution is -2.45. The lowest BCUT2D eigenvalue weighted by Gasteiger charge is -2.27. The number of hydroxylamine groups is 1. The predicted octanol–water partition coefficient (Wildman–Crippen LogP) is 1.18. The number of nitrogens with zero attached hydrogens (tertiary/aromatic N) is 1. The van der Waals surface area contributed by atoms with Crippen molar-refractivity contribution >= 4 is 0 Å². The number of quaternary nitrogens is 1. The van der Waals surface area contributed by atoms with Gasteiger partial charge in [0.15, 0.2) is 0 Å². The largest absolute Gasteiger partial charge is 0.330 e. The molecule has 3 nitrogen and oxygen atoms in total. The van der Waals surface area contributed by atoms with Crippen LogP contribution in [0.4, 0.5) is 0 Å². The molecule has 0 aliphatic carbocycles. The topological polar surface area (TPSA) is 21.3 Å². The smallest absolute Gasteiger partial charge is 0.0956 e. The van der Waals surface area contributed by atoms with Crippen LogP contribution in [0.1, 0.15) is 13.8 Å². The Balaban J connectivity index is 3.52. The zero-order valence-corrected chi connectivity index (χ0v) is 9.55. The van der Waals surface area contributed by atoms with Gasteiger partial charge in [-0.05, 0) is 13.8 Å². The van der Waals surface area contributed by atoms with E-state index in [4.69, 9.17) is 4.84 Å². The van der Waals surface area contributed by atoms with Gasteiger partial charge in [0.2, 0.25) is 0 Å². The molecule has 1 atom stereocenters. The van der Waals surface area contributed by atoms with Crippen LogP contribution in [0.2, 0.25) is 0 Å². The quantitative estimate of drug-likeness (QED) is 0.383. The van der Waals surface area contributed by atoms with E-state index in [1.54, 1.807) is 0 Å². The van der Waals surface area contributed by atoms with Gasteiger partial charge in [0, 0.05) is 0 Å². The van der Waals surface area contributed by atoms with Crippen molar-refractivity contribution in [3.63, 3.8) is 0 Å². The first-order valence-electron chi connectivity index (χ1n) is 4.63. The third-order valence-electron chi connectivity index (χ3n) is 1.42. The van der Waals surface area contributed by atoms with Crippen LogP contribution in [-0.4, -0.2) is 44.8 Å². The summed E-state index contributed by atoms with van der Waals surface area (Å²) in [6, 6.07) is 0.361. The molecule has 0 aromatic carbocycles. The Labute approximate surface area is 81.9 Å². The van der Waals surface area contributed by atoms with Gasteiger partial charge >= 0.3 is 0 Å². The Morgan fingerprint density at radius 1 is 1.46 bits per heavy atom. The lowest BCUT2D eigenvalue weighted by molar-refractivity contribution is -0.871. The molecule has 0 amide bonds.